The van der Waals surface area contributed by atoms with Crippen molar-refractivity contribution in [3.8, 4) is 0 Å². The van der Waals surface area contributed by atoms with Crippen LogP contribution in [0.1, 0.15) is 42.2 Å². The highest BCUT2D eigenvalue weighted by molar-refractivity contribution is 5.87. The fraction of sp³-hybridized carbons (Fsp3) is 0.600. The second kappa shape index (κ2) is 8.64. The molecule has 0 bridgehead atoms. The summed E-state index contributed by atoms with van der Waals surface area (Å²) in [4.78, 5) is 17.9. The third-order valence-corrected chi connectivity index (χ3v) is 2.84. The molecule has 19 heavy (non-hydrogen) atoms. The number of aromatic nitrogens is 1. The Morgan fingerprint density at radius 1 is 1.32 bits per heavy atom. The van der Waals surface area contributed by atoms with E-state index in [1.165, 1.54) is 5.56 Å². The van der Waals surface area contributed by atoms with E-state index in [1.54, 1.807) is 12.3 Å². The molecule has 0 aliphatic carbocycles. The second-order valence-corrected chi connectivity index (χ2v) is 4.95. The highest BCUT2D eigenvalue weighted by Gasteiger charge is 2.08. The van der Waals surface area contributed by atoms with E-state index >= 15 is 0 Å². The third kappa shape index (κ3) is 6.34. The molecule has 0 radical (unpaired) electrons. The van der Waals surface area contributed by atoms with Crippen LogP contribution in [0.15, 0.2) is 18.3 Å². The second-order valence-electron chi connectivity index (χ2n) is 4.95. The van der Waals surface area contributed by atoms with Gasteiger partial charge in [0.25, 0.3) is 0 Å². The molecule has 0 spiro atoms. The maximum Gasteiger partial charge on any atom is 0.356 e. The Bertz CT molecular complexity index is 374. The lowest BCUT2D eigenvalue weighted by Crippen LogP contribution is -2.16. The van der Waals surface area contributed by atoms with Gasteiger partial charge in [-0.05, 0) is 45.0 Å². The van der Waals surface area contributed by atoms with Gasteiger partial charge in [0.05, 0.1) is 6.61 Å². The van der Waals surface area contributed by atoms with Crippen molar-refractivity contribution in [3.63, 3.8) is 0 Å². The van der Waals surface area contributed by atoms with Crippen LogP contribution in [-0.2, 0) is 11.2 Å². The molecular weight excluding hydrogens is 240 g/mol. The summed E-state index contributed by atoms with van der Waals surface area (Å²) in [5, 5.41) is 0. The summed E-state index contributed by atoms with van der Waals surface area (Å²) in [5.74, 6) is -0.333. The first-order chi connectivity index (χ1) is 9.13. The molecule has 0 amide bonds. The number of aryl methyl sites for hydroxylation is 1. The first-order valence-corrected chi connectivity index (χ1v) is 6.90. The van der Waals surface area contributed by atoms with Gasteiger partial charge in [-0.2, -0.15) is 0 Å². The van der Waals surface area contributed by atoms with Crippen LogP contribution in [-0.4, -0.2) is 43.1 Å². The molecule has 0 saturated heterocycles. The van der Waals surface area contributed by atoms with Gasteiger partial charge in [-0.25, -0.2) is 9.78 Å². The third-order valence-electron chi connectivity index (χ3n) is 2.84. The van der Waals surface area contributed by atoms with Gasteiger partial charge >= 0.3 is 5.97 Å². The fourth-order valence-corrected chi connectivity index (χ4v) is 1.69. The summed E-state index contributed by atoms with van der Waals surface area (Å²) in [6, 6.07) is 3.71. The SMILES string of the molecule is CCCCc1ccc(C(=O)OCCCN(C)C)nc1. The minimum absolute atomic E-state index is 0.333. The number of rotatable bonds is 8. The molecule has 106 valence electrons. The molecule has 1 heterocycles. The van der Waals surface area contributed by atoms with Crippen LogP contribution in [0.5, 0.6) is 0 Å². The smallest absolute Gasteiger partial charge is 0.356 e. The van der Waals surface area contributed by atoms with Crippen molar-refractivity contribution in [2.24, 2.45) is 0 Å². The topological polar surface area (TPSA) is 42.4 Å². The van der Waals surface area contributed by atoms with Crippen molar-refractivity contribution in [2.45, 2.75) is 32.6 Å². The van der Waals surface area contributed by atoms with Crippen LogP contribution < -0.4 is 0 Å². The van der Waals surface area contributed by atoms with Crippen LogP contribution in [0.2, 0.25) is 0 Å². The number of nitrogens with zero attached hydrogens (tertiary/aromatic N) is 2. The van der Waals surface area contributed by atoms with Crippen molar-refractivity contribution < 1.29 is 9.53 Å². The zero-order valence-electron chi connectivity index (χ0n) is 12.2. The molecular formula is C15H24N2O2. The monoisotopic (exact) mass is 264 g/mol. The molecule has 4 heteroatoms. The van der Waals surface area contributed by atoms with E-state index in [0.29, 0.717) is 12.3 Å². The average Bonchev–Trinajstić information content (AvgIpc) is 2.41. The van der Waals surface area contributed by atoms with E-state index in [4.69, 9.17) is 4.74 Å². The van der Waals surface area contributed by atoms with Gasteiger partial charge in [0.1, 0.15) is 5.69 Å². The number of carbonyl (C=O) groups excluding carboxylic acids is 1. The van der Waals surface area contributed by atoms with E-state index < -0.39 is 0 Å². The zero-order chi connectivity index (χ0) is 14.1. The van der Waals surface area contributed by atoms with Crippen LogP contribution in [0.4, 0.5) is 0 Å². The maximum atomic E-state index is 11.7. The van der Waals surface area contributed by atoms with Gasteiger partial charge < -0.3 is 9.64 Å². The number of unbranched alkanes of at least 4 members (excludes halogenated alkanes) is 1. The predicted octanol–water partition coefficient (Wildman–Crippen LogP) is 2.53. The summed E-state index contributed by atoms with van der Waals surface area (Å²) in [5.41, 5.74) is 1.57. The molecule has 0 aliphatic heterocycles. The molecule has 0 N–H and O–H groups in total. The lowest BCUT2D eigenvalue weighted by Gasteiger charge is -2.09. The van der Waals surface area contributed by atoms with Gasteiger partial charge in [0.2, 0.25) is 0 Å². The number of esters is 1. The van der Waals surface area contributed by atoms with Crippen molar-refractivity contribution in [3.05, 3.63) is 29.6 Å². The lowest BCUT2D eigenvalue weighted by atomic mass is 10.1. The molecule has 0 aromatic carbocycles. The number of hydrogen-bond acceptors (Lipinski definition) is 4. The molecule has 4 nitrogen and oxygen atoms in total. The van der Waals surface area contributed by atoms with Gasteiger partial charge in [-0.15, -0.1) is 0 Å². The zero-order valence-corrected chi connectivity index (χ0v) is 12.2. The van der Waals surface area contributed by atoms with Crippen LogP contribution in [0.25, 0.3) is 0 Å². The predicted molar refractivity (Wildman–Crippen MR) is 76.3 cm³/mol. The Morgan fingerprint density at radius 3 is 2.68 bits per heavy atom. The minimum Gasteiger partial charge on any atom is -0.461 e. The van der Waals surface area contributed by atoms with Gasteiger partial charge in [0, 0.05) is 12.7 Å². The van der Waals surface area contributed by atoms with E-state index in [-0.39, 0.29) is 5.97 Å². The summed E-state index contributed by atoms with van der Waals surface area (Å²) >= 11 is 0. The molecule has 0 atom stereocenters. The van der Waals surface area contributed by atoms with Crippen LogP contribution in [0.3, 0.4) is 0 Å². The van der Waals surface area contributed by atoms with Crippen LogP contribution >= 0.6 is 0 Å². The molecule has 1 aromatic rings. The lowest BCUT2D eigenvalue weighted by molar-refractivity contribution is 0.0486. The summed E-state index contributed by atoms with van der Waals surface area (Å²) in [6.07, 6.45) is 5.94. The molecule has 0 aliphatic rings. The summed E-state index contributed by atoms with van der Waals surface area (Å²) in [6.45, 7) is 3.51. The Balaban J connectivity index is 2.36. The standard InChI is InChI=1S/C15H24N2O2/c1-4-5-7-13-8-9-14(16-12-13)15(18)19-11-6-10-17(2)3/h8-9,12H,4-7,10-11H2,1-3H3. The van der Waals surface area contributed by atoms with Gasteiger partial charge in [-0.3, -0.25) is 0 Å². The maximum absolute atomic E-state index is 11.7. The molecule has 0 unspecified atom stereocenters. The summed E-state index contributed by atoms with van der Waals surface area (Å²) in [7, 11) is 4.00. The number of pyridine rings is 1. The molecule has 1 rings (SSSR count). The Labute approximate surface area is 115 Å². The van der Waals surface area contributed by atoms with E-state index in [1.807, 2.05) is 20.2 Å². The van der Waals surface area contributed by atoms with Crippen molar-refractivity contribution in [2.75, 3.05) is 27.2 Å². The molecule has 0 saturated carbocycles. The minimum atomic E-state index is -0.333. The normalized spacial score (nSPS) is 10.7. The quantitative estimate of drug-likeness (QED) is 0.534. The number of ether oxygens (including phenoxy) is 1. The Hall–Kier alpha value is -1.42. The van der Waals surface area contributed by atoms with Gasteiger partial charge in [-0.1, -0.05) is 19.4 Å². The highest BCUT2D eigenvalue weighted by atomic mass is 16.5. The van der Waals surface area contributed by atoms with Crippen molar-refractivity contribution in [1.29, 1.82) is 0 Å². The Kier molecular flexibility index (Phi) is 7.11. The largest absolute Gasteiger partial charge is 0.461 e. The van der Waals surface area contributed by atoms with Crippen molar-refractivity contribution >= 4 is 5.97 Å². The van der Waals surface area contributed by atoms with Gasteiger partial charge in [0.15, 0.2) is 0 Å². The van der Waals surface area contributed by atoms with E-state index in [9.17, 15) is 4.79 Å². The van der Waals surface area contributed by atoms with E-state index in [2.05, 4.69) is 16.8 Å². The highest BCUT2D eigenvalue weighted by Crippen LogP contribution is 2.06. The summed E-state index contributed by atoms with van der Waals surface area (Å²) < 4.78 is 5.17. The van der Waals surface area contributed by atoms with E-state index in [0.717, 1.165) is 32.2 Å². The van der Waals surface area contributed by atoms with Crippen LogP contribution in [0, 0.1) is 0 Å². The molecule has 0 fully saturated rings. The Morgan fingerprint density at radius 2 is 2.11 bits per heavy atom. The number of hydrogen-bond donors (Lipinski definition) is 0. The first-order valence-electron chi connectivity index (χ1n) is 6.90. The molecule has 1 aromatic heterocycles. The fourth-order valence-electron chi connectivity index (χ4n) is 1.69. The van der Waals surface area contributed by atoms with Crippen molar-refractivity contribution in [1.82, 2.24) is 9.88 Å². The number of carbonyl (C=O) groups is 1. The average molecular weight is 264 g/mol. The first kappa shape index (κ1) is 15.6.